The lowest BCUT2D eigenvalue weighted by molar-refractivity contribution is 0.238. The fraction of sp³-hybridized carbons (Fsp3) is 0.355. The monoisotopic (exact) mass is 485 g/mol. The van der Waals surface area contributed by atoms with Crippen molar-refractivity contribution < 1.29 is 19.7 Å². The van der Waals surface area contributed by atoms with Gasteiger partial charge in [-0.15, -0.1) is 0 Å². The quantitative estimate of drug-likeness (QED) is 0.272. The third-order valence-corrected chi connectivity index (χ3v) is 7.52. The molecule has 1 aromatic heterocycles. The SMILES string of the molecule is COc1cc(Cn2c(-c3ccc(O)cc3)c(C)c3cc(O)ccc32)ccc1OCCC1CCCCC1. The zero-order valence-corrected chi connectivity index (χ0v) is 21.2. The smallest absolute Gasteiger partial charge is 0.161 e. The van der Waals surface area contributed by atoms with Gasteiger partial charge in [-0.3, -0.25) is 0 Å². The Kier molecular flexibility index (Phi) is 7.08. The van der Waals surface area contributed by atoms with Crippen LogP contribution in [0.2, 0.25) is 0 Å². The van der Waals surface area contributed by atoms with Crippen LogP contribution < -0.4 is 9.47 Å². The number of phenols is 2. The van der Waals surface area contributed by atoms with Gasteiger partial charge in [0.05, 0.1) is 19.4 Å². The highest BCUT2D eigenvalue weighted by atomic mass is 16.5. The molecular weight excluding hydrogens is 450 g/mol. The first-order valence-corrected chi connectivity index (χ1v) is 12.9. The van der Waals surface area contributed by atoms with E-state index in [1.807, 2.05) is 30.3 Å². The Morgan fingerprint density at radius 3 is 2.36 bits per heavy atom. The van der Waals surface area contributed by atoms with E-state index in [9.17, 15) is 10.2 Å². The van der Waals surface area contributed by atoms with E-state index in [1.54, 1.807) is 25.3 Å². The molecule has 0 bridgehead atoms. The van der Waals surface area contributed by atoms with Crippen molar-refractivity contribution in [2.45, 2.75) is 52.0 Å². The molecule has 1 fully saturated rings. The topological polar surface area (TPSA) is 63.9 Å². The summed E-state index contributed by atoms with van der Waals surface area (Å²) in [7, 11) is 1.69. The van der Waals surface area contributed by atoms with E-state index in [1.165, 1.54) is 32.1 Å². The largest absolute Gasteiger partial charge is 0.508 e. The molecule has 1 heterocycles. The van der Waals surface area contributed by atoms with Crippen LogP contribution in [0.3, 0.4) is 0 Å². The summed E-state index contributed by atoms with van der Waals surface area (Å²) in [6, 6.07) is 18.9. The summed E-state index contributed by atoms with van der Waals surface area (Å²) in [4.78, 5) is 0. The summed E-state index contributed by atoms with van der Waals surface area (Å²) in [6.45, 7) is 3.42. The second-order valence-electron chi connectivity index (χ2n) is 9.93. The predicted octanol–water partition coefficient (Wildman–Crippen LogP) is 7.43. The molecule has 36 heavy (non-hydrogen) atoms. The van der Waals surface area contributed by atoms with Crippen LogP contribution in [-0.4, -0.2) is 28.5 Å². The maximum Gasteiger partial charge on any atom is 0.161 e. The van der Waals surface area contributed by atoms with Crippen LogP contribution in [0.5, 0.6) is 23.0 Å². The number of fused-ring (bicyclic) bond motifs is 1. The number of ether oxygens (including phenoxy) is 2. The molecule has 0 unspecified atom stereocenters. The Balaban J connectivity index is 1.43. The van der Waals surface area contributed by atoms with E-state index in [0.29, 0.717) is 6.54 Å². The van der Waals surface area contributed by atoms with Gasteiger partial charge in [-0.05, 0) is 90.6 Å². The number of rotatable bonds is 8. The van der Waals surface area contributed by atoms with Crippen molar-refractivity contribution in [3.63, 3.8) is 0 Å². The van der Waals surface area contributed by atoms with Crippen molar-refractivity contribution in [2.75, 3.05) is 13.7 Å². The minimum atomic E-state index is 0.237. The fourth-order valence-electron chi connectivity index (χ4n) is 5.59. The lowest BCUT2D eigenvalue weighted by Crippen LogP contribution is -2.11. The van der Waals surface area contributed by atoms with Gasteiger partial charge in [-0.25, -0.2) is 0 Å². The highest BCUT2D eigenvalue weighted by molar-refractivity contribution is 5.92. The first kappa shape index (κ1) is 24.1. The molecule has 1 aliphatic rings. The van der Waals surface area contributed by atoms with Crippen molar-refractivity contribution in [3.8, 4) is 34.3 Å². The average Bonchev–Trinajstić information content (AvgIpc) is 3.16. The van der Waals surface area contributed by atoms with Gasteiger partial charge in [-0.2, -0.15) is 0 Å². The molecule has 1 aliphatic carbocycles. The zero-order chi connectivity index (χ0) is 25.1. The molecule has 0 spiro atoms. The molecule has 5 rings (SSSR count). The van der Waals surface area contributed by atoms with Crippen molar-refractivity contribution >= 4 is 10.9 Å². The minimum Gasteiger partial charge on any atom is -0.508 e. The Bertz CT molecular complexity index is 1330. The van der Waals surface area contributed by atoms with Crippen LogP contribution in [0.4, 0.5) is 0 Å². The lowest BCUT2D eigenvalue weighted by Gasteiger charge is -2.21. The molecule has 4 aromatic rings. The Morgan fingerprint density at radius 1 is 0.861 bits per heavy atom. The summed E-state index contributed by atoms with van der Waals surface area (Å²) in [6.07, 6.45) is 7.82. The molecular formula is C31H35NO4. The number of hydrogen-bond acceptors (Lipinski definition) is 4. The number of nitrogens with zero attached hydrogens (tertiary/aromatic N) is 1. The van der Waals surface area contributed by atoms with Gasteiger partial charge in [0, 0.05) is 17.4 Å². The van der Waals surface area contributed by atoms with Gasteiger partial charge >= 0.3 is 0 Å². The van der Waals surface area contributed by atoms with Crippen LogP contribution in [0.15, 0.2) is 60.7 Å². The number of hydrogen-bond donors (Lipinski definition) is 2. The molecule has 0 radical (unpaired) electrons. The number of aromatic hydroxyl groups is 2. The molecule has 0 aliphatic heterocycles. The number of phenolic OH excluding ortho intramolecular Hbond substituents is 2. The van der Waals surface area contributed by atoms with Crippen molar-refractivity contribution in [1.82, 2.24) is 4.57 Å². The van der Waals surface area contributed by atoms with E-state index in [4.69, 9.17) is 9.47 Å². The molecule has 5 nitrogen and oxygen atoms in total. The van der Waals surface area contributed by atoms with Crippen molar-refractivity contribution in [1.29, 1.82) is 0 Å². The molecule has 1 saturated carbocycles. The molecule has 0 atom stereocenters. The molecule has 5 heteroatoms. The van der Waals surface area contributed by atoms with Crippen molar-refractivity contribution in [2.24, 2.45) is 5.92 Å². The van der Waals surface area contributed by atoms with E-state index in [0.717, 1.165) is 63.7 Å². The highest BCUT2D eigenvalue weighted by Crippen LogP contribution is 2.37. The van der Waals surface area contributed by atoms with Crippen LogP contribution in [0, 0.1) is 12.8 Å². The average molecular weight is 486 g/mol. The number of aromatic nitrogens is 1. The van der Waals surface area contributed by atoms with Gasteiger partial charge in [0.15, 0.2) is 11.5 Å². The minimum absolute atomic E-state index is 0.237. The highest BCUT2D eigenvalue weighted by Gasteiger charge is 2.18. The second kappa shape index (κ2) is 10.6. The standard InChI is InChI=1S/C31H35NO4/c1-21-27-19-26(34)13-14-28(27)32(31(21)24-9-11-25(33)12-10-24)20-23-8-15-29(30(18-23)35-2)36-17-16-22-6-4-3-5-7-22/h8-15,18-19,22,33-34H,3-7,16-17,20H2,1-2H3. The number of benzene rings is 3. The third kappa shape index (κ3) is 5.01. The zero-order valence-electron chi connectivity index (χ0n) is 21.2. The van der Waals surface area contributed by atoms with Gasteiger partial charge in [0.1, 0.15) is 11.5 Å². The number of methoxy groups -OCH3 is 1. The van der Waals surface area contributed by atoms with Crippen LogP contribution >= 0.6 is 0 Å². The summed E-state index contributed by atoms with van der Waals surface area (Å²) in [5, 5.41) is 20.9. The van der Waals surface area contributed by atoms with E-state index in [2.05, 4.69) is 23.6 Å². The summed E-state index contributed by atoms with van der Waals surface area (Å²) in [5.74, 6) is 2.80. The van der Waals surface area contributed by atoms with Gasteiger partial charge in [0.25, 0.3) is 0 Å². The summed E-state index contributed by atoms with van der Waals surface area (Å²) >= 11 is 0. The first-order valence-electron chi connectivity index (χ1n) is 12.9. The molecule has 3 aromatic carbocycles. The second-order valence-corrected chi connectivity index (χ2v) is 9.93. The maximum atomic E-state index is 10.1. The molecule has 0 saturated heterocycles. The Labute approximate surface area is 212 Å². The van der Waals surface area contributed by atoms with Gasteiger partial charge < -0.3 is 24.3 Å². The normalized spacial score (nSPS) is 14.3. The summed E-state index contributed by atoms with van der Waals surface area (Å²) < 4.78 is 14.1. The fourth-order valence-corrected chi connectivity index (χ4v) is 5.59. The van der Waals surface area contributed by atoms with E-state index < -0.39 is 0 Å². The molecule has 2 N–H and O–H groups in total. The Morgan fingerprint density at radius 2 is 1.61 bits per heavy atom. The van der Waals surface area contributed by atoms with Gasteiger partial charge in [-0.1, -0.05) is 38.2 Å². The number of aryl methyl sites for hydroxylation is 1. The molecule has 188 valence electrons. The Hall–Kier alpha value is -3.60. The van der Waals surface area contributed by atoms with E-state index >= 15 is 0 Å². The van der Waals surface area contributed by atoms with Crippen molar-refractivity contribution in [3.05, 3.63) is 71.8 Å². The van der Waals surface area contributed by atoms with Gasteiger partial charge in [0.2, 0.25) is 0 Å². The lowest BCUT2D eigenvalue weighted by atomic mass is 9.87. The predicted molar refractivity (Wildman–Crippen MR) is 144 cm³/mol. The molecule has 0 amide bonds. The van der Waals surface area contributed by atoms with Crippen LogP contribution in [0.1, 0.15) is 49.7 Å². The van der Waals surface area contributed by atoms with Crippen LogP contribution in [0.25, 0.3) is 22.2 Å². The third-order valence-electron chi connectivity index (χ3n) is 7.52. The van der Waals surface area contributed by atoms with Crippen LogP contribution in [-0.2, 0) is 6.54 Å². The summed E-state index contributed by atoms with van der Waals surface area (Å²) in [5.41, 5.74) is 5.29. The maximum absolute atomic E-state index is 10.1. The first-order chi connectivity index (χ1) is 17.5. The van der Waals surface area contributed by atoms with E-state index in [-0.39, 0.29) is 11.5 Å².